The molecule has 0 bridgehead atoms. The van der Waals surface area contributed by atoms with E-state index in [2.05, 4.69) is 56.3 Å². The fourth-order valence-corrected chi connectivity index (χ4v) is 27.0. The van der Waals surface area contributed by atoms with Gasteiger partial charge in [-0.05, 0) is 0 Å². The van der Waals surface area contributed by atoms with Gasteiger partial charge in [-0.25, -0.2) is 0 Å². The molecule has 0 N–H and O–H groups in total. The third-order valence-corrected chi connectivity index (χ3v) is 28.7. The standard InChI is InChI=1S/C21H32NS2.3C4H9.Sn/c1-2-3-4-5-6-7-8-9-10-11-12-13-14-19-15-16-23-21(19)20-17-22-18-24-20;3*1-3-4-2;/h15,17-18H,2-14H2,1H3;3*1,3-4H2,2H3;. The van der Waals surface area contributed by atoms with E-state index >= 15 is 0 Å². The van der Waals surface area contributed by atoms with E-state index in [-0.39, 0.29) is 0 Å². The van der Waals surface area contributed by atoms with E-state index in [1.54, 1.807) is 23.8 Å². The van der Waals surface area contributed by atoms with Crippen molar-refractivity contribution in [1.82, 2.24) is 4.98 Å². The summed E-state index contributed by atoms with van der Waals surface area (Å²) in [6, 6.07) is 2.76. The number of aromatic nitrogens is 1. The van der Waals surface area contributed by atoms with E-state index in [0.717, 1.165) is 0 Å². The molecule has 2 aromatic heterocycles. The molecule has 0 aromatic carbocycles. The van der Waals surface area contributed by atoms with Gasteiger partial charge in [-0.15, -0.1) is 0 Å². The molecule has 0 spiro atoms. The summed E-state index contributed by atoms with van der Waals surface area (Å²) in [7, 11) is 0. The maximum absolute atomic E-state index is 4.47. The molecule has 2 aromatic rings. The molecule has 0 saturated carbocycles. The van der Waals surface area contributed by atoms with Crippen LogP contribution in [0.5, 0.6) is 0 Å². The topological polar surface area (TPSA) is 12.9 Å². The van der Waals surface area contributed by atoms with Crippen LogP contribution in [0.4, 0.5) is 0 Å². The van der Waals surface area contributed by atoms with E-state index < -0.39 is 18.4 Å². The SMILES string of the molecule is CCCCCCCCCCCCCCc1c[c]([Sn]([CH2]CCC)([CH2]CCC)[CH2]CCC)sc1-c1cncs1. The fourth-order valence-electron chi connectivity index (χ4n) is 5.86. The van der Waals surface area contributed by atoms with Gasteiger partial charge in [-0.3, -0.25) is 0 Å². The molecule has 0 fully saturated rings. The number of hydrogen-bond donors (Lipinski definition) is 0. The summed E-state index contributed by atoms with van der Waals surface area (Å²) in [4.78, 5) is 7.48. The number of rotatable bonds is 24. The maximum atomic E-state index is 4.47. The molecule has 0 aliphatic heterocycles. The second-order valence-electron chi connectivity index (χ2n) is 11.6. The van der Waals surface area contributed by atoms with Crippen LogP contribution in [0.1, 0.15) is 149 Å². The molecule has 0 aliphatic carbocycles. The van der Waals surface area contributed by atoms with Gasteiger partial charge in [-0.1, -0.05) is 32.6 Å². The minimum atomic E-state index is -2.38. The summed E-state index contributed by atoms with van der Waals surface area (Å²) < 4.78 is 6.63. The molecule has 4 heteroatoms. The summed E-state index contributed by atoms with van der Waals surface area (Å²) in [5.41, 5.74) is 3.70. The van der Waals surface area contributed by atoms with Gasteiger partial charge < -0.3 is 0 Å². The Morgan fingerprint density at radius 1 is 0.622 bits per heavy atom. The molecule has 2 heterocycles. The van der Waals surface area contributed by atoms with Gasteiger partial charge in [0.25, 0.3) is 0 Å². The molecule has 1 nitrogen and oxygen atoms in total. The molecular formula is C33H59NS2Sn. The van der Waals surface area contributed by atoms with E-state index in [0.29, 0.717) is 0 Å². The first kappa shape index (κ1) is 33.3. The summed E-state index contributed by atoms with van der Waals surface area (Å²) in [6.45, 7) is 9.49. The quantitative estimate of drug-likeness (QED) is 0.0812. The van der Waals surface area contributed by atoms with Gasteiger partial charge in [0, 0.05) is 0 Å². The van der Waals surface area contributed by atoms with Crippen molar-refractivity contribution >= 4 is 43.9 Å². The third-order valence-electron chi connectivity index (χ3n) is 8.31. The molecule has 2 rings (SSSR count). The number of nitrogens with zero attached hydrogens (tertiary/aromatic N) is 1. The first-order valence-electron chi connectivity index (χ1n) is 16.2. The molecule has 0 saturated heterocycles. The third kappa shape index (κ3) is 12.5. The number of thiophene rings is 1. The van der Waals surface area contributed by atoms with E-state index in [4.69, 9.17) is 0 Å². The van der Waals surface area contributed by atoms with Crippen molar-refractivity contribution in [3.63, 3.8) is 0 Å². The first-order valence-corrected chi connectivity index (χ1v) is 25.4. The molecule has 0 atom stereocenters. The number of thiazole rings is 1. The predicted molar refractivity (Wildman–Crippen MR) is 175 cm³/mol. The molecular weight excluding hydrogens is 593 g/mol. The fraction of sp³-hybridized carbons (Fsp3) is 0.788. The zero-order valence-electron chi connectivity index (χ0n) is 25.1. The Balaban J connectivity index is 1.97. The van der Waals surface area contributed by atoms with Crippen LogP contribution >= 0.6 is 22.7 Å². The molecule has 0 aliphatic rings. The molecule has 0 amide bonds. The van der Waals surface area contributed by atoms with Gasteiger partial charge in [-0.2, -0.15) is 0 Å². The van der Waals surface area contributed by atoms with Crippen molar-refractivity contribution < 1.29 is 0 Å². The Morgan fingerprint density at radius 3 is 1.57 bits per heavy atom. The van der Waals surface area contributed by atoms with Crippen LogP contribution in [-0.4, -0.2) is 23.4 Å². The monoisotopic (exact) mass is 653 g/mol. The van der Waals surface area contributed by atoms with Crippen LogP contribution in [-0.2, 0) is 6.42 Å². The van der Waals surface area contributed by atoms with E-state index in [1.807, 2.05) is 19.7 Å². The minimum absolute atomic E-state index is 1.28. The zero-order chi connectivity index (χ0) is 26.6. The van der Waals surface area contributed by atoms with Crippen molar-refractivity contribution in [3.8, 4) is 9.75 Å². The van der Waals surface area contributed by atoms with Crippen LogP contribution in [0.25, 0.3) is 9.75 Å². The second kappa shape index (κ2) is 21.0. The summed E-state index contributed by atoms with van der Waals surface area (Å²) in [6.07, 6.45) is 29.0. The number of hydrogen-bond acceptors (Lipinski definition) is 3. The van der Waals surface area contributed by atoms with Gasteiger partial charge in [0.1, 0.15) is 0 Å². The van der Waals surface area contributed by atoms with Crippen molar-refractivity contribution in [2.24, 2.45) is 0 Å². The average Bonchev–Trinajstić information content (AvgIpc) is 3.60. The predicted octanol–water partition coefficient (Wildman–Crippen LogP) is 12.2. The number of aryl methyl sites for hydroxylation is 1. The summed E-state index contributed by atoms with van der Waals surface area (Å²) in [5, 5.41) is 0. The molecule has 0 unspecified atom stereocenters. The normalized spacial score (nSPS) is 12.0. The molecule has 0 radical (unpaired) electrons. The Labute approximate surface area is 243 Å². The van der Waals surface area contributed by atoms with E-state index in [9.17, 15) is 0 Å². The van der Waals surface area contributed by atoms with Crippen molar-refractivity contribution in [1.29, 1.82) is 0 Å². The Morgan fingerprint density at radius 2 is 1.11 bits per heavy atom. The van der Waals surface area contributed by atoms with Gasteiger partial charge >= 0.3 is 212 Å². The zero-order valence-corrected chi connectivity index (χ0v) is 29.5. The first-order chi connectivity index (χ1) is 18.2. The Hall–Kier alpha value is 0.129. The van der Waals surface area contributed by atoms with Crippen LogP contribution in [0.15, 0.2) is 17.8 Å². The van der Waals surface area contributed by atoms with Crippen molar-refractivity contribution in [3.05, 3.63) is 23.3 Å². The summed E-state index contributed by atoms with van der Waals surface area (Å²) in [5.74, 6) is 0. The average molecular weight is 653 g/mol. The van der Waals surface area contributed by atoms with Crippen molar-refractivity contribution in [2.75, 3.05) is 0 Å². The Kier molecular flexibility index (Phi) is 18.9. The van der Waals surface area contributed by atoms with Gasteiger partial charge in [0.05, 0.1) is 0 Å². The molecule has 212 valence electrons. The second-order valence-corrected chi connectivity index (χ2v) is 27.7. The van der Waals surface area contributed by atoms with Gasteiger partial charge in [0.15, 0.2) is 0 Å². The number of unbranched alkanes of at least 4 members (excludes halogenated alkanes) is 14. The van der Waals surface area contributed by atoms with Crippen LogP contribution in [0.3, 0.4) is 0 Å². The van der Waals surface area contributed by atoms with Gasteiger partial charge in [0.2, 0.25) is 0 Å². The van der Waals surface area contributed by atoms with E-state index in [1.165, 1.54) is 127 Å². The van der Waals surface area contributed by atoms with Crippen LogP contribution < -0.4 is 2.89 Å². The molecule has 37 heavy (non-hydrogen) atoms. The van der Waals surface area contributed by atoms with Crippen LogP contribution in [0, 0.1) is 0 Å². The van der Waals surface area contributed by atoms with Crippen molar-refractivity contribution in [2.45, 2.75) is 163 Å². The summed E-state index contributed by atoms with van der Waals surface area (Å²) >= 11 is 1.70. The van der Waals surface area contributed by atoms with Crippen LogP contribution in [0.2, 0.25) is 13.3 Å². The Bertz CT molecular complexity index is 761.